The molecule has 2 aliphatic rings. The Hall–Kier alpha value is -3.63. The van der Waals surface area contributed by atoms with E-state index in [1.54, 1.807) is 0 Å². The second-order valence-corrected chi connectivity index (χ2v) is 8.22. The topological polar surface area (TPSA) is 103 Å². The zero-order valence-electron chi connectivity index (χ0n) is 17.9. The Labute approximate surface area is 201 Å². The number of rotatable bonds is 3. The summed E-state index contributed by atoms with van der Waals surface area (Å²) in [6.45, 7) is -0.109. The van der Waals surface area contributed by atoms with Crippen LogP contribution in [0, 0.1) is 17.1 Å². The Balaban J connectivity index is 1.88. The molecule has 35 heavy (non-hydrogen) atoms. The van der Waals surface area contributed by atoms with Gasteiger partial charge in [-0.3, -0.25) is 14.5 Å². The summed E-state index contributed by atoms with van der Waals surface area (Å²) in [6.07, 6.45) is -6.37. The molecule has 4 amide bonds. The predicted octanol–water partition coefficient (Wildman–Crippen LogP) is 3.59. The van der Waals surface area contributed by atoms with E-state index in [0.29, 0.717) is 10.4 Å². The van der Waals surface area contributed by atoms with Crippen LogP contribution in [0.5, 0.6) is 0 Å². The zero-order valence-corrected chi connectivity index (χ0v) is 18.8. The van der Waals surface area contributed by atoms with E-state index >= 15 is 0 Å². The van der Waals surface area contributed by atoms with Crippen molar-refractivity contribution in [2.24, 2.45) is 0 Å². The van der Waals surface area contributed by atoms with Gasteiger partial charge in [0.05, 0.1) is 29.4 Å². The molecular formula is C22H16F4N4O4S. The summed E-state index contributed by atoms with van der Waals surface area (Å²) in [4.78, 5) is 39.1. The summed E-state index contributed by atoms with van der Waals surface area (Å²) < 4.78 is 61.6. The largest absolute Gasteiger partial charge is 0.417 e. The summed E-state index contributed by atoms with van der Waals surface area (Å²) in [5, 5.41) is 11.4. The second kappa shape index (κ2) is 8.54. The highest BCUT2D eigenvalue weighted by Gasteiger charge is 2.65. The van der Waals surface area contributed by atoms with Crippen LogP contribution >= 0.6 is 12.8 Å². The highest BCUT2D eigenvalue weighted by atomic mass is 32.1. The minimum absolute atomic E-state index is 0.105. The molecule has 8 nitrogen and oxygen atoms in total. The number of thiol groups is 1. The smallest absolute Gasteiger partial charge is 0.370 e. The fourth-order valence-corrected chi connectivity index (χ4v) is 4.68. The van der Waals surface area contributed by atoms with E-state index < -0.39 is 52.6 Å². The number of hydrogen-bond donors (Lipinski definition) is 2. The van der Waals surface area contributed by atoms with Crippen molar-refractivity contribution >= 4 is 36.3 Å². The second-order valence-electron chi connectivity index (χ2n) is 7.82. The SMILES string of the molecule is CNC(=O)c1ccc(N2C(=O)N(S)C(=O)[C@]23CCO[C@@H]3c2ccc(C#N)c(C(F)(F)F)c2)cc1F. The first-order valence-electron chi connectivity index (χ1n) is 10.1. The van der Waals surface area contributed by atoms with Gasteiger partial charge in [0.25, 0.3) is 11.8 Å². The minimum atomic E-state index is -4.86. The van der Waals surface area contributed by atoms with Crippen LogP contribution in [0.4, 0.5) is 28.0 Å². The molecule has 2 aromatic rings. The van der Waals surface area contributed by atoms with Crippen molar-refractivity contribution in [3.05, 3.63) is 64.5 Å². The van der Waals surface area contributed by atoms with Gasteiger partial charge in [0.2, 0.25) is 0 Å². The van der Waals surface area contributed by atoms with Gasteiger partial charge >= 0.3 is 12.2 Å². The van der Waals surface area contributed by atoms with Gasteiger partial charge in [-0.2, -0.15) is 18.4 Å². The highest BCUT2D eigenvalue weighted by Crippen LogP contribution is 2.50. The first-order valence-corrected chi connectivity index (χ1v) is 10.5. The summed E-state index contributed by atoms with van der Waals surface area (Å²) in [7, 11) is 1.30. The molecule has 1 spiro atoms. The van der Waals surface area contributed by atoms with E-state index in [0.717, 1.165) is 23.1 Å². The quantitative estimate of drug-likeness (QED) is 0.375. The molecule has 13 heteroatoms. The van der Waals surface area contributed by atoms with Crippen LogP contribution in [0.2, 0.25) is 0 Å². The van der Waals surface area contributed by atoms with Crippen molar-refractivity contribution < 1.29 is 36.7 Å². The van der Waals surface area contributed by atoms with Gasteiger partial charge < -0.3 is 10.1 Å². The van der Waals surface area contributed by atoms with Crippen LogP contribution in [0.3, 0.4) is 0 Å². The van der Waals surface area contributed by atoms with Crippen LogP contribution in [0.25, 0.3) is 0 Å². The molecule has 0 radical (unpaired) electrons. The lowest BCUT2D eigenvalue weighted by Crippen LogP contribution is -2.52. The van der Waals surface area contributed by atoms with Crippen molar-refractivity contribution in [2.45, 2.75) is 24.2 Å². The molecule has 0 bridgehead atoms. The maximum absolute atomic E-state index is 14.7. The van der Waals surface area contributed by atoms with Crippen molar-refractivity contribution in [2.75, 3.05) is 18.6 Å². The molecule has 2 saturated heterocycles. The van der Waals surface area contributed by atoms with E-state index in [4.69, 9.17) is 10.00 Å². The zero-order chi connectivity index (χ0) is 25.7. The normalized spacial score (nSPS) is 22.1. The number of benzene rings is 2. The summed E-state index contributed by atoms with van der Waals surface area (Å²) in [5.74, 6) is -2.58. The number of nitrogens with zero attached hydrogens (tertiary/aromatic N) is 3. The number of carbonyl (C=O) groups excluding carboxylic acids is 3. The Bertz CT molecular complexity index is 1300. The molecule has 0 aliphatic carbocycles. The molecule has 0 unspecified atom stereocenters. The number of amides is 4. The lowest BCUT2D eigenvalue weighted by Gasteiger charge is -2.35. The fraction of sp³-hybridized carbons (Fsp3) is 0.273. The molecule has 4 rings (SSSR count). The molecule has 182 valence electrons. The van der Waals surface area contributed by atoms with Gasteiger partial charge in [-0.25, -0.2) is 13.5 Å². The number of carbonyl (C=O) groups is 3. The Morgan fingerprint density at radius 1 is 1.26 bits per heavy atom. The third kappa shape index (κ3) is 3.69. The molecule has 2 aromatic carbocycles. The number of hydrogen-bond acceptors (Lipinski definition) is 6. The fourth-order valence-electron chi connectivity index (χ4n) is 4.41. The number of alkyl halides is 3. The van der Waals surface area contributed by atoms with Gasteiger partial charge in [-0.15, -0.1) is 0 Å². The predicted molar refractivity (Wildman–Crippen MR) is 116 cm³/mol. The number of nitriles is 1. The number of nitrogens with one attached hydrogen (secondary N) is 1. The van der Waals surface area contributed by atoms with Gasteiger partial charge in [0, 0.05) is 19.2 Å². The van der Waals surface area contributed by atoms with Crippen LogP contribution in [-0.2, 0) is 15.7 Å². The number of ether oxygens (including phenoxy) is 1. The molecular weight excluding hydrogens is 492 g/mol. The third-order valence-corrected chi connectivity index (χ3v) is 6.34. The molecule has 2 atom stereocenters. The standard InChI is InChI=1S/C22H16F4N4O4S/c1-28-18(31)14-5-4-13(9-16(14)23)29-20(33)30(35)19(32)21(29)6-7-34-17(21)11-2-3-12(10-27)15(8-11)22(24,25)26/h2-5,8-9,17,35H,6-7H2,1H3,(H,28,31)/t17-,21-/m1/s1. The minimum Gasteiger partial charge on any atom is -0.370 e. The van der Waals surface area contributed by atoms with Gasteiger partial charge in [-0.1, -0.05) is 18.9 Å². The van der Waals surface area contributed by atoms with Crippen LogP contribution in [-0.4, -0.2) is 41.3 Å². The van der Waals surface area contributed by atoms with Crippen LogP contribution < -0.4 is 10.2 Å². The van der Waals surface area contributed by atoms with E-state index in [1.807, 2.05) is 0 Å². The number of halogens is 4. The van der Waals surface area contributed by atoms with Gasteiger partial charge in [0.15, 0.2) is 5.54 Å². The maximum Gasteiger partial charge on any atom is 0.417 e. The highest BCUT2D eigenvalue weighted by molar-refractivity contribution is 7.79. The number of imide groups is 1. The van der Waals surface area contributed by atoms with Gasteiger partial charge in [0.1, 0.15) is 11.9 Å². The van der Waals surface area contributed by atoms with E-state index in [9.17, 15) is 31.9 Å². The van der Waals surface area contributed by atoms with Crippen molar-refractivity contribution in [3.8, 4) is 6.07 Å². The maximum atomic E-state index is 14.7. The van der Waals surface area contributed by atoms with E-state index in [-0.39, 0.29) is 29.8 Å². The summed E-state index contributed by atoms with van der Waals surface area (Å²) >= 11 is 3.94. The summed E-state index contributed by atoms with van der Waals surface area (Å²) in [6, 6.07) is 6.60. The lowest BCUT2D eigenvalue weighted by atomic mass is 9.84. The summed E-state index contributed by atoms with van der Waals surface area (Å²) in [5.41, 5.74) is -4.27. The molecule has 2 fully saturated rings. The Morgan fingerprint density at radius 2 is 1.97 bits per heavy atom. The first kappa shape index (κ1) is 24.5. The van der Waals surface area contributed by atoms with E-state index in [1.165, 1.54) is 25.2 Å². The average molecular weight is 508 g/mol. The average Bonchev–Trinajstić information content (AvgIpc) is 3.34. The van der Waals surface area contributed by atoms with Crippen molar-refractivity contribution in [3.63, 3.8) is 0 Å². The lowest BCUT2D eigenvalue weighted by molar-refractivity contribution is -0.137. The molecule has 0 aromatic heterocycles. The first-order chi connectivity index (χ1) is 16.5. The molecule has 2 aliphatic heterocycles. The van der Waals surface area contributed by atoms with Gasteiger partial charge in [-0.05, 0) is 35.9 Å². The van der Waals surface area contributed by atoms with Crippen LogP contribution in [0.1, 0.15) is 39.6 Å². The molecule has 2 heterocycles. The third-order valence-electron chi connectivity index (χ3n) is 5.99. The number of urea groups is 1. The molecule has 1 N–H and O–H groups in total. The monoisotopic (exact) mass is 508 g/mol. The Kier molecular flexibility index (Phi) is 5.98. The van der Waals surface area contributed by atoms with Crippen molar-refractivity contribution in [1.82, 2.24) is 9.62 Å². The van der Waals surface area contributed by atoms with E-state index in [2.05, 4.69) is 18.1 Å². The van der Waals surface area contributed by atoms with Crippen LogP contribution in [0.15, 0.2) is 36.4 Å². The Morgan fingerprint density at radius 3 is 2.57 bits per heavy atom. The molecule has 0 saturated carbocycles. The van der Waals surface area contributed by atoms with Crippen molar-refractivity contribution in [1.29, 1.82) is 5.26 Å². The number of anilines is 1.